The number of hydrogen-bond acceptors (Lipinski definition) is 5. The molecule has 0 N–H and O–H groups in total. The van der Waals surface area contributed by atoms with Crippen molar-refractivity contribution in [2.75, 3.05) is 13.7 Å². The molecule has 0 aliphatic heterocycles. The van der Waals surface area contributed by atoms with E-state index in [9.17, 15) is 9.59 Å². The first-order valence-electron chi connectivity index (χ1n) is 7.61. The highest BCUT2D eigenvalue weighted by atomic mass is 16.5. The summed E-state index contributed by atoms with van der Waals surface area (Å²) in [6.45, 7) is 2.42. The van der Waals surface area contributed by atoms with Crippen molar-refractivity contribution in [3.63, 3.8) is 0 Å². The Balaban J connectivity index is 1.71. The van der Waals surface area contributed by atoms with Gasteiger partial charge in [0.25, 0.3) is 0 Å². The van der Waals surface area contributed by atoms with E-state index in [1.807, 2.05) is 31.2 Å². The van der Waals surface area contributed by atoms with Gasteiger partial charge < -0.3 is 14.2 Å². The van der Waals surface area contributed by atoms with E-state index in [1.54, 1.807) is 24.3 Å². The summed E-state index contributed by atoms with van der Waals surface area (Å²) in [5, 5.41) is 0. The third kappa shape index (κ3) is 5.43. The summed E-state index contributed by atoms with van der Waals surface area (Å²) in [4.78, 5) is 23.0. The van der Waals surface area contributed by atoms with E-state index in [0.29, 0.717) is 5.56 Å². The average Bonchev–Trinajstić information content (AvgIpc) is 2.61. The van der Waals surface area contributed by atoms with Crippen molar-refractivity contribution in [1.82, 2.24) is 0 Å². The van der Waals surface area contributed by atoms with Crippen LogP contribution in [0.2, 0.25) is 0 Å². The quantitative estimate of drug-likeness (QED) is 0.730. The van der Waals surface area contributed by atoms with Crippen molar-refractivity contribution in [2.24, 2.45) is 0 Å². The molecule has 2 rings (SSSR count). The Morgan fingerprint density at radius 2 is 1.62 bits per heavy atom. The summed E-state index contributed by atoms with van der Waals surface area (Å²) in [5.41, 5.74) is 2.41. The molecule has 5 heteroatoms. The molecule has 2 aromatic rings. The van der Waals surface area contributed by atoms with E-state index >= 15 is 0 Å². The smallest absolute Gasteiger partial charge is 0.337 e. The molecule has 5 nitrogen and oxygen atoms in total. The predicted molar refractivity (Wildman–Crippen MR) is 88.9 cm³/mol. The van der Waals surface area contributed by atoms with Crippen LogP contribution in [0.4, 0.5) is 0 Å². The van der Waals surface area contributed by atoms with E-state index in [1.165, 1.54) is 7.11 Å². The Bertz CT molecular complexity index is 674. The van der Waals surface area contributed by atoms with Gasteiger partial charge in [-0.2, -0.15) is 0 Å². The molecule has 0 spiro atoms. The van der Waals surface area contributed by atoms with E-state index in [4.69, 9.17) is 9.47 Å². The van der Waals surface area contributed by atoms with Crippen LogP contribution in [0.1, 0.15) is 27.9 Å². The van der Waals surface area contributed by atoms with Gasteiger partial charge in [-0.05, 0) is 36.8 Å². The molecule has 0 aromatic heterocycles. The number of carbonyl (C=O) groups is 2. The molecule has 0 amide bonds. The minimum Gasteiger partial charge on any atom is -0.493 e. The summed E-state index contributed by atoms with van der Waals surface area (Å²) in [6.07, 6.45) is 0.175. The Kier molecular flexibility index (Phi) is 6.37. The van der Waals surface area contributed by atoms with Crippen molar-refractivity contribution in [3.8, 4) is 5.75 Å². The van der Waals surface area contributed by atoms with Gasteiger partial charge in [0, 0.05) is 0 Å². The minimum atomic E-state index is -0.396. The highest BCUT2D eigenvalue weighted by Crippen LogP contribution is 2.12. The molecule has 0 fully saturated rings. The second kappa shape index (κ2) is 8.72. The van der Waals surface area contributed by atoms with E-state index in [0.717, 1.165) is 16.9 Å². The lowest BCUT2D eigenvalue weighted by Crippen LogP contribution is -2.10. The first-order chi connectivity index (χ1) is 11.6. The normalized spacial score (nSPS) is 10.1. The largest absolute Gasteiger partial charge is 0.493 e. The topological polar surface area (TPSA) is 61.8 Å². The predicted octanol–water partition coefficient (Wildman–Crippen LogP) is 3.29. The Hall–Kier alpha value is -2.82. The lowest BCUT2D eigenvalue weighted by atomic mass is 10.1. The monoisotopic (exact) mass is 328 g/mol. The molecule has 24 heavy (non-hydrogen) atoms. The van der Waals surface area contributed by atoms with Crippen molar-refractivity contribution in [2.45, 2.75) is 20.0 Å². The fraction of sp³-hybridized carbons (Fsp3) is 0.263. The van der Waals surface area contributed by atoms with Crippen LogP contribution in [0.3, 0.4) is 0 Å². The van der Waals surface area contributed by atoms with Crippen LogP contribution in [0, 0.1) is 6.92 Å². The summed E-state index contributed by atoms with van der Waals surface area (Å²) in [5.74, 6) is -0.00208. The molecule has 0 atom stereocenters. The van der Waals surface area contributed by atoms with Gasteiger partial charge in [0.2, 0.25) is 0 Å². The van der Waals surface area contributed by atoms with Crippen LogP contribution in [0.5, 0.6) is 5.75 Å². The molecule has 0 unspecified atom stereocenters. The van der Waals surface area contributed by atoms with Gasteiger partial charge in [0.05, 0.1) is 25.7 Å². The van der Waals surface area contributed by atoms with Crippen LogP contribution in [-0.2, 0) is 20.9 Å². The number of benzene rings is 2. The Morgan fingerprint density at radius 1 is 0.958 bits per heavy atom. The summed E-state index contributed by atoms with van der Waals surface area (Å²) in [6, 6.07) is 14.3. The third-order valence-corrected chi connectivity index (χ3v) is 3.37. The molecule has 0 aliphatic rings. The van der Waals surface area contributed by atoms with Crippen LogP contribution >= 0.6 is 0 Å². The molecule has 0 aliphatic carbocycles. The van der Waals surface area contributed by atoms with Gasteiger partial charge in [-0.1, -0.05) is 29.8 Å². The van der Waals surface area contributed by atoms with E-state index in [-0.39, 0.29) is 25.6 Å². The first kappa shape index (κ1) is 17.5. The van der Waals surface area contributed by atoms with Crippen molar-refractivity contribution >= 4 is 11.9 Å². The minimum absolute atomic E-state index is 0.158. The SMILES string of the molecule is COC(=O)c1ccc(COC(=O)CCOc2ccc(C)cc2)cc1. The van der Waals surface area contributed by atoms with Crippen LogP contribution < -0.4 is 4.74 Å². The molecule has 126 valence electrons. The molecule has 0 radical (unpaired) electrons. The molecule has 0 bridgehead atoms. The number of methoxy groups -OCH3 is 1. The first-order valence-corrected chi connectivity index (χ1v) is 7.61. The molecular formula is C19H20O5. The van der Waals surface area contributed by atoms with Gasteiger partial charge in [0.15, 0.2) is 0 Å². The molecule has 0 saturated carbocycles. The highest BCUT2D eigenvalue weighted by molar-refractivity contribution is 5.89. The maximum atomic E-state index is 11.7. The zero-order valence-electron chi connectivity index (χ0n) is 13.8. The van der Waals surface area contributed by atoms with E-state index < -0.39 is 5.97 Å². The molecule has 2 aromatic carbocycles. The Morgan fingerprint density at radius 3 is 2.25 bits per heavy atom. The van der Waals surface area contributed by atoms with Gasteiger partial charge in [-0.3, -0.25) is 4.79 Å². The molecular weight excluding hydrogens is 308 g/mol. The average molecular weight is 328 g/mol. The maximum absolute atomic E-state index is 11.7. The van der Waals surface area contributed by atoms with Gasteiger partial charge in [0.1, 0.15) is 12.4 Å². The van der Waals surface area contributed by atoms with Gasteiger partial charge in [-0.15, -0.1) is 0 Å². The zero-order chi connectivity index (χ0) is 17.4. The Labute approximate surface area is 141 Å². The zero-order valence-corrected chi connectivity index (χ0v) is 13.8. The fourth-order valence-electron chi connectivity index (χ4n) is 1.98. The number of aryl methyl sites for hydroxylation is 1. The van der Waals surface area contributed by atoms with Crippen LogP contribution in [-0.4, -0.2) is 25.7 Å². The van der Waals surface area contributed by atoms with Gasteiger partial charge >= 0.3 is 11.9 Å². The number of ether oxygens (including phenoxy) is 3. The van der Waals surface area contributed by atoms with E-state index in [2.05, 4.69) is 4.74 Å². The molecule has 0 heterocycles. The maximum Gasteiger partial charge on any atom is 0.337 e. The number of rotatable bonds is 7. The second-order valence-corrected chi connectivity index (χ2v) is 5.26. The fourth-order valence-corrected chi connectivity index (χ4v) is 1.98. The summed E-state index contributed by atoms with van der Waals surface area (Å²) < 4.78 is 15.3. The van der Waals surface area contributed by atoms with Crippen LogP contribution in [0.25, 0.3) is 0 Å². The van der Waals surface area contributed by atoms with Crippen molar-refractivity contribution in [3.05, 3.63) is 65.2 Å². The number of carbonyl (C=O) groups excluding carboxylic acids is 2. The third-order valence-electron chi connectivity index (χ3n) is 3.37. The second-order valence-electron chi connectivity index (χ2n) is 5.26. The molecule has 0 saturated heterocycles. The standard InChI is InChI=1S/C19H20O5/c1-14-3-9-17(10-4-14)23-12-11-18(20)24-13-15-5-7-16(8-6-15)19(21)22-2/h3-10H,11-13H2,1-2H3. The summed E-state index contributed by atoms with van der Waals surface area (Å²) >= 11 is 0. The van der Waals surface area contributed by atoms with Crippen molar-refractivity contribution < 1.29 is 23.8 Å². The lowest BCUT2D eigenvalue weighted by Gasteiger charge is -2.08. The number of hydrogen-bond donors (Lipinski definition) is 0. The highest BCUT2D eigenvalue weighted by Gasteiger charge is 2.07. The number of esters is 2. The van der Waals surface area contributed by atoms with Crippen molar-refractivity contribution in [1.29, 1.82) is 0 Å². The lowest BCUT2D eigenvalue weighted by molar-refractivity contribution is -0.145. The van der Waals surface area contributed by atoms with Crippen LogP contribution in [0.15, 0.2) is 48.5 Å². The summed E-state index contributed by atoms with van der Waals surface area (Å²) in [7, 11) is 1.33. The van der Waals surface area contributed by atoms with Gasteiger partial charge in [-0.25, -0.2) is 4.79 Å².